The van der Waals surface area contributed by atoms with Gasteiger partial charge in [0.2, 0.25) is 5.91 Å². The number of carbonyl (C=O) groups excluding carboxylic acids is 2. The minimum atomic E-state index is -0.879. The molecule has 2 aliphatic heterocycles. The van der Waals surface area contributed by atoms with E-state index in [2.05, 4.69) is 10.5 Å². The number of aromatic nitrogens is 1. The number of benzene rings is 1. The van der Waals surface area contributed by atoms with Crippen molar-refractivity contribution < 1.29 is 14.1 Å². The molecular weight excluding hydrogens is 314 g/mol. The summed E-state index contributed by atoms with van der Waals surface area (Å²) < 4.78 is 5.12. The Labute approximate surface area is 137 Å². The summed E-state index contributed by atoms with van der Waals surface area (Å²) in [4.78, 5) is 26.9. The number of fused-ring (bicyclic) bond motifs is 3. The average Bonchev–Trinajstić information content (AvgIpc) is 3.19. The second-order valence-corrected chi connectivity index (χ2v) is 7.02. The number of aryl methyl sites for hydroxylation is 1. The standard InChI is InChI=1S/C16H15N3O3S/c1-10-8-11(22-18-10)9-17-15(21)16-7-6-14(20)19(16)12-4-2-3-5-13(12)23-16/h2-5,8H,6-7,9H2,1H3,(H,17,21)/t16-/m1/s1. The van der Waals surface area contributed by atoms with Gasteiger partial charge in [0.1, 0.15) is 0 Å². The van der Waals surface area contributed by atoms with Crippen LogP contribution in [0, 0.1) is 6.92 Å². The van der Waals surface area contributed by atoms with Gasteiger partial charge in [0.05, 0.1) is 17.9 Å². The van der Waals surface area contributed by atoms with E-state index in [9.17, 15) is 9.59 Å². The lowest BCUT2D eigenvalue weighted by Gasteiger charge is -2.29. The van der Waals surface area contributed by atoms with E-state index in [0.717, 1.165) is 16.3 Å². The number of para-hydroxylation sites is 1. The maximum absolute atomic E-state index is 12.9. The van der Waals surface area contributed by atoms with Gasteiger partial charge in [0.25, 0.3) is 5.91 Å². The monoisotopic (exact) mass is 329 g/mol. The molecule has 1 fully saturated rings. The first-order valence-electron chi connectivity index (χ1n) is 7.42. The summed E-state index contributed by atoms with van der Waals surface area (Å²) in [6.07, 6.45) is 0.891. The molecule has 1 atom stereocenters. The Balaban J connectivity index is 1.59. The molecule has 0 saturated carbocycles. The number of nitrogens with one attached hydrogen (secondary N) is 1. The van der Waals surface area contributed by atoms with Crippen molar-refractivity contribution in [3.8, 4) is 0 Å². The van der Waals surface area contributed by atoms with Crippen LogP contribution in [-0.2, 0) is 16.1 Å². The molecule has 2 amide bonds. The largest absolute Gasteiger partial charge is 0.359 e. The zero-order chi connectivity index (χ0) is 16.0. The summed E-state index contributed by atoms with van der Waals surface area (Å²) >= 11 is 1.45. The maximum Gasteiger partial charge on any atom is 0.257 e. The zero-order valence-electron chi connectivity index (χ0n) is 12.5. The fraction of sp³-hybridized carbons (Fsp3) is 0.312. The highest BCUT2D eigenvalue weighted by Gasteiger charge is 2.57. The molecule has 0 radical (unpaired) electrons. The molecule has 2 aliphatic rings. The summed E-state index contributed by atoms with van der Waals surface area (Å²) in [5.41, 5.74) is 1.60. The molecule has 0 spiro atoms. The summed E-state index contributed by atoms with van der Waals surface area (Å²) in [6.45, 7) is 2.09. The van der Waals surface area contributed by atoms with Crippen LogP contribution in [0.4, 0.5) is 5.69 Å². The number of hydrogen-bond donors (Lipinski definition) is 1. The van der Waals surface area contributed by atoms with E-state index in [0.29, 0.717) is 18.6 Å². The third-order valence-corrected chi connectivity index (χ3v) is 5.60. The van der Waals surface area contributed by atoms with E-state index in [1.165, 1.54) is 11.8 Å². The van der Waals surface area contributed by atoms with Crippen LogP contribution in [0.3, 0.4) is 0 Å². The van der Waals surface area contributed by atoms with Crippen molar-refractivity contribution in [3.05, 3.63) is 41.8 Å². The second-order valence-electron chi connectivity index (χ2n) is 5.70. The van der Waals surface area contributed by atoms with Crippen LogP contribution < -0.4 is 10.2 Å². The molecule has 1 aromatic carbocycles. The van der Waals surface area contributed by atoms with Crippen molar-refractivity contribution in [2.45, 2.75) is 36.1 Å². The van der Waals surface area contributed by atoms with Crippen LogP contribution in [0.2, 0.25) is 0 Å². The molecule has 4 rings (SSSR count). The van der Waals surface area contributed by atoms with E-state index in [1.807, 2.05) is 31.2 Å². The summed E-state index contributed by atoms with van der Waals surface area (Å²) in [5, 5.41) is 6.69. The van der Waals surface area contributed by atoms with Gasteiger partial charge in [0, 0.05) is 17.4 Å². The lowest BCUT2D eigenvalue weighted by Crippen LogP contribution is -2.52. The Morgan fingerprint density at radius 3 is 3.09 bits per heavy atom. The van der Waals surface area contributed by atoms with Crippen molar-refractivity contribution in [2.24, 2.45) is 0 Å². The van der Waals surface area contributed by atoms with Crippen LogP contribution in [0.15, 0.2) is 39.8 Å². The molecule has 7 heteroatoms. The first-order chi connectivity index (χ1) is 11.1. The first-order valence-corrected chi connectivity index (χ1v) is 8.23. The number of anilines is 1. The van der Waals surface area contributed by atoms with Crippen molar-refractivity contribution in [1.82, 2.24) is 10.5 Å². The molecule has 23 heavy (non-hydrogen) atoms. The lowest BCUT2D eigenvalue weighted by molar-refractivity contribution is -0.125. The second kappa shape index (κ2) is 5.13. The highest BCUT2D eigenvalue weighted by Crippen LogP contribution is 2.55. The fourth-order valence-electron chi connectivity index (χ4n) is 3.10. The normalized spacial score (nSPS) is 22.1. The van der Waals surface area contributed by atoms with Gasteiger partial charge >= 0.3 is 0 Å². The predicted octanol–water partition coefficient (Wildman–Crippen LogP) is 2.23. The van der Waals surface area contributed by atoms with Gasteiger partial charge in [-0.25, -0.2) is 0 Å². The number of thioether (sulfide) groups is 1. The van der Waals surface area contributed by atoms with Gasteiger partial charge < -0.3 is 9.84 Å². The summed E-state index contributed by atoms with van der Waals surface area (Å²) in [7, 11) is 0. The molecule has 3 heterocycles. The molecule has 0 bridgehead atoms. The fourth-order valence-corrected chi connectivity index (χ4v) is 4.54. The summed E-state index contributed by atoms with van der Waals surface area (Å²) in [6, 6.07) is 9.42. The Bertz CT molecular complexity index is 803. The van der Waals surface area contributed by atoms with Crippen molar-refractivity contribution in [3.63, 3.8) is 0 Å². The molecule has 118 valence electrons. The Kier molecular flexibility index (Phi) is 3.19. The van der Waals surface area contributed by atoms with Crippen LogP contribution in [0.1, 0.15) is 24.3 Å². The molecule has 0 unspecified atom stereocenters. The van der Waals surface area contributed by atoms with Crippen molar-refractivity contribution in [2.75, 3.05) is 4.90 Å². The Morgan fingerprint density at radius 1 is 1.48 bits per heavy atom. The van der Waals surface area contributed by atoms with Gasteiger partial charge in [-0.2, -0.15) is 0 Å². The number of carbonyl (C=O) groups is 2. The third-order valence-electron chi connectivity index (χ3n) is 4.13. The van der Waals surface area contributed by atoms with Crippen LogP contribution in [0.25, 0.3) is 0 Å². The Hall–Kier alpha value is -2.28. The minimum Gasteiger partial charge on any atom is -0.359 e. The van der Waals surface area contributed by atoms with Gasteiger partial charge in [0.15, 0.2) is 10.6 Å². The number of nitrogens with zero attached hydrogens (tertiary/aromatic N) is 2. The van der Waals surface area contributed by atoms with E-state index in [-0.39, 0.29) is 18.4 Å². The molecule has 6 nitrogen and oxygen atoms in total. The van der Waals surface area contributed by atoms with Gasteiger partial charge in [-0.15, -0.1) is 0 Å². The van der Waals surface area contributed by atoms with Crippen LogP contribution >= 0.6 is 11.8 Å². The van der Waals surface area contributed by atoms with Crippen LogP contribution in [-0.4, -0.2) is 21.8 Å². The molecular formula is C16H15N3O3S. The first kappa shape index (κ1) is 14.3. The molecule has 1 aromatic heterocycles. The lowest BCUT2D eigenvalue weighted by atomic mass is 10.2. The van der Waals surface area contributed by atoms with Gasteiger partial charge in [-0.1, -0.05) is 29.1 Å². The summed E-state index contributed by atoms with van der Waals surface area (Å²) in [5.74, 6) is 0.426. The van der Waals surface area contributed by atoms with Gasteiger partial charge in [-0.3, -0.25) is 14.5 Å². The number of amides is 2. The minimum absolute atomic E-state index is 0.00638. The van der Waals surface area contributed by atoms with E-state index < -0.39 is 4.87 Å². The smallest absolute Gasteiger partial charge is 0.257 e. The predicted molar refractivity (Wildman–Crippen MR) is 84.8 cm³/mol. The van der Waals surface area contributed by atoms with Gasteiger partial charge in [-0.05, 0) is 25.5 Å². The maximum atomic E-state index is 12.9. The third kappa shape index (κ3) is 2.15. The zero-order valence-corrected chi connectivity index (χ0v) is 13.4. The SMILES string of the molecule is Cc1cc(CNC(=O)[C@]23CCC(=O)N2c2ccccc2S3)on1. The van der Waals surface area contributed by atoms with Crippen molar-refractivity contribution >= 4 is 29.3 Å². The Morgan fingerprint density at radius 2 is 2.30 bits per heavy atom. The quantitative estimate of drug-likeness (QED) is 0.934. The topological polar surface area (TPSA) is 75.4 Å². The molecule has 0 aliphatic carbocycles. The van der Waals surface area contributed by atoms with Crippen molar-refractivity contribution in [1.29, 1.82) is 0 Å². The average molecular weight is 329 g/mol. The highest BCUT2D eigenvalue weighted by molar-refractivity contribution is 8.02. The molecule has 1 saturated heterocycles. The highest BCUT2D eigenvalue weighted by atomic mass is 32.2. The number of rotatable bonds is 3. The molecule has 1 N–H and O–H groups in total. The molecule has 2 aromatic rings. The number of hydrogen-bond acceptors (Lipinski definition) is 5. The van der Waals surface area contributed by atoms with Crippen LogP contribution in [0.5, 0.6) is 0 Å². The van der Waals surface area contributed by atoms with E-state index >= 15 is 0 Å². The van der Waals surface area contributed by atoms with E-state index in [4.69, 9.17) is 4.52 Å². The van der Waals surface area contributed by atoms with E-state index in [1.54, 1.807) is 11.0 Å².